The maximum absolute atomic E-state index is 9.08. The first-order chi connectivity index (χ1) is 6.50. The summed E-state index contributed by atoms with van der Waals surface area (Å²) >= 11 is 0. The van der Waals surface area contributed by atoms with Crippen molar-refractivity contribution in [2.45, 2.75) is 45.8 Å². The molecule has 0 N–H and O–H groups in total. The minimum atomic E-state index is -0.241. The lowest BCUT2D eigenvalue weighted by Crippen LogP contribution is -2.48. The second-order valence-corrected chi connectivity index (χ2v) is 4.47. The number of hydrogen-bond donors (Lipinski definition) is 0. The SMILES string of the molecule is CCCN1N=CN(C(C)(C)C)C1C#N. The largest absolute Gasteiger partial charge is 0.323 e. The van der Waals surface area contributed by atoms with Gasteiger partial charge in [0, 0.05) is 12.1 Å². The van der Waals surface area contributed by atoms with Crippen molar-refractivity contribution in [2.24, 2.45) is 5.10 Å². The van der Waals surface area contributed by atoms with E-state index < -0.39 is 0 Å². The van der Waals surface area contributed by atoms with Crippen molar-refractivity contribution < 1.29 is 0 Å². The molecular weight excluding hydrogens is 176 g/mol. The fourth-order valence-electron chi connectivity index (χ4n) is 1.47. The molecule has 0 saturated carbocycles. The van der Waals surface area contributed by atoms with Crippen molar-refractivity contribution in [2.75, 3.05) is 6.54 Å². The van der Waals surface area contributed by atoms with Crippen LogP contribution in [0.25, 0.3) is 0 Å². The fraction of sp³-hybridized carbons (Fsp3) is 0.800. The Labute approximate surface area is 85.8 Å². The van der Waals surface area contributed by atoms with E-state index in [2.05, 4.69) is 38.9 Å². The Morgan fingerprint density at radius 3 is 2.57 bits per heavy atom. The van der Waals surface area contributed by atoms with Crippen LogP contribution in [0.1, 0.15) is 34.1 Å². The molecule has 0 saturated heterocycles. The summed E-state index contributed by atoms with van der Waals surface area (Å²) < 4.78 is 0. The van der Waals surface area contributed by atoms with Gasteiger partial charge in [-0.15, -0.1) is 0 Å². The smallest absolute Gasteiger partial charge is 0.208 e. The Kier molecular flexibility index (Phi) is 3.00. The van der Waals surface area contributed by atoms with Gasteiger partial charge in [0.15, 0.2) is 0 Å². The average Bonchev–Trinajstić information content (AvgIpc) is 2.47. The van der Waals surface area contributed by atoms with Crippen molar-refractivity contribution in [3.63, 3.8) is 0 Å². The molecule has 4 heteroatoms. The van der Waals surface area contributed by atoms with Crippen LogP contribution in [0.5, 0.6) is 0 Å². The summed E-state index contributed by atoms with van der Waals surface area (Å²) in [5.41, 5.74) is -0.0492. The Bertz CT molecular complexity index is 258. The van der Waals surface area contributed by atoms with Crippen LogP contribution in [-0.2, 0) is 0 Å². The van der Waals surface area contributed by atoms with Crippen LogP contribution >= 0.6 is 0 Å². The molecule has 1 rings (SSSR count). The van der Waals surface area contributed by atoms with Gasteiger partial charge in [0.05, 0.1) is 0 Å². The van der Waals surface area contributed by atoms with E-state index in [0.29, 0.717) is 0 Å². The van der Waals surface area contributed by atoms with E-state index in [0.717, 1.165) is 13.0 Å². The van der Waals surface area contributed by atoms with Gasteiger partial charge in [-0.05, 0) is 27.2 Å². The van der Waals surface area contributed by atoms with Crippen molar-refractivity contribution in [1.82, 2.24) is 9.91 Å². The molecule has 78 valence electrons. The Morgan fingerprint density at radius 1 is 1.50 bits per heavy atom. The summed E-state index contributed by atoms with van der Waals surface area (Å²) in [6.45, 7) is 9.17. The molecule has 4 nitrogen and oxygen atoms in total. The van der Waals surface area contributed by atoms with E-state index in [1.165, 1.54) is 0 Å². The lowest BCUT2D eigenvalue weighted by atomic mass is 10.1. The predicted molar refractivity (Wildman–Crippen MR) is 56.5 cm³/mol. The van der Waals surface area contributed by atoms with Gasteiger partial charge in [-0.3, -0.25) is 5.01 Å². The zero-order valence-electron chi connectivity index (χ0n) is 9.36. The molecule has 0 aromatic heterocycles. The van der Waals surface area contributed by atoms with E-state index in [-0.39, 0.29) is 11.7 Å². The number of nitrogens with zero attached hydrogens (tertiary/aromatic N) is 4. The van der Waals surface area contributed by atoms with E-state index in [1.807, 2.05) is 9.91 Å². The molecule has 0 fully saturated rings. The molecule has 0 bridgehead atoms. The van der Waals surface area contributed by atoms with Crippen molar-refractivity contribution in [1.29, 1.82) is 5.26 Å². The van der Waals surface area contributed by atoms with Crippen LogP contribution in [-0.4, -0.2) is 34.5 Å². The van der Waals surface area contributed by atoms with Crippen molar-refractivity contribution in [3.05, 3.63) is 0 Å². The third-order valence-corrected chi connectivity index (χ3v) is 2.21. The van der Waals surface area contributed by atoms with Gasteiger partial charge >= 0.3 is 0 Å². The van der Waals surface area contributed by atoms with E-state index in [1.54, 1.807) is 6.34 Å². The first kappa shape index (κ1) is 10.8. The lowest BCUT2D eigenvalue weighted by molar-refractivity contribution is 0.115. The highest BCUT2D eigenvalue weighted by molar-refractivity contribution is 5.59. The zero-order valence-corrected chi connectivity index (χ0v) is 9.36. The van der Waals surface area contributed by atoms with Gasteiger partial charge in [0.1, 0.15) is 12.4 Å². The molecule has 0 aromatic carbocycles. The Morgan fingerprint density at radius 2 is 2.14 bits per heavy atom. The summed E-state index contributed by atoms with van der Waals surface area (Å²) in [6, 6.07) is 2.28. The number of rotatable bonds is 2. The van der Waals surface area contributed by atoms with Crippen molar-refractivity contribution >= 4 is 6.34 Å². The number of nitriles is 1. The molecular formula is C10H18N4. The second-order valence-electron chi connectivity index (χ2n) is 4.47. The maximum atomic E-state index is 9.08. The summed E-state index contributed by atoms with van der Waals surface area (Å²) in [6.07, 6.45) is 2.53. The molecule has 0 radical (unpaired) electrons. The van der Waals surface area contributed by atoms with Crippen LogP contribution in [0, 0.1) is 11.3 Å². The van der Waals surface area contributed by atoms with Crippen LogP contribution in [0.3, 0.4) is 0 Å². The Hall–Kier alpha value is -1.24. The van der Waals surface area contributed by atoms with Crippen LogP contribution < -0.4 is 0 Å². The van der Waals surface area contributed by atoms with E-state index in [4.69, 9.17) is 5.26 Å². The third kappa shape index (κ3) is 1.98. The Balaban J connectivity index is 2.76. The molecule has 1 aliphatic heterocycles. The van der Waals surface area contributed by atoms with Crippen LogP contribution in [0.4, 0.5) is 0 Å². The second kappa shape index (κ2) is 3.87. The average molecular weight is 194 g/mol. The van der Waals surface area contributed by atoms with Gasteiger partial charge < -0.3 is 4.90 Å². The van der Waals surface area contributed by atoms with Gasteiger partial charge in [-0.2, -0.15) is 10.4 Å². The number of hydrogen-bond acceptors (Lipinski definition) is 4. The van der Waals surface area contributed by atoms with Gasteiger partial charge in [0.2, 0.25) is 6.17 Å². The third-order valence-electron chi connectivity index (χ3n) is 2.21. The lowest BCUT2D eigenvalue weighted by Gasteiger charge is -2.35. The molecule has 0 aromatic rings. The molecule has 1 heterocycles. The predicted octanol–water partition coefficient (Wildman–Crippen LogP) is 1.61. The molecule has 0 amide bonds. The van der Waals surface area contributed by atoms with Gasteiger partial charge in [-0.1, -0.05) is 6.92 Å². The summed E-state index contributed by atoms with van der Waals surface area (Å²) in [5, 5.41) is 15.2. The monoisotopic (exact) mass is 194 g/mol. The highest BCUT2D eigenvalue weighted by Crippen LogP contribution is 2.21. The topological polar surface area (TPSA) is 42.6 Å². The van der Waals surface area contributed by atoms with Crippen LogP contribution in [0.2, 0.25) is 0 Å². The van der Waals surface area contributed by atoms with E-state index in [9.17, 15) is 0 Å². The normalized spacial score (nSPS) is 21.5. The molecule has 0 spiro atoms. The standard InChI is InChI=1S/C10H18N4/c1-5-6-14-9(7-11)13(8-12-14)10(2,3)4/h8-9H,5-6H2,1-4H3. The summed E-state index contributed by atoms with van der Waals surface area (Å²) in [5.74, 6) is 0. The quantitative estimate of drug-likeness (QED) is 0.670. The number of hydrazone groups is 1. The van der Waals surface area contributed by atoms with Gasteiger partial charge in [-0.25, -0.2) is 0 Å². The molecule has 1 atom stereocenters. The first-order valence-electron chi connectivity index (χ1n) is 4.99. The minimum absolute atomic E-state index is 0.0492. The van der Waals surface area contributed by atoms with Crippen molar-refractivity contribution in [3.8, 4) is 6.07 Å². The zero-order chi connectivity index (χ0) is 10.8. The van der Waals surface area contributed by atoms with E-state index >= 15 is 0 Å². The van der Waals surface area contributed by atoms with Gasteiger partial charge in [0.25, 0.3) is 0 Å². The molecule has 1 unspecified atom stereocenters. The first-order valence-corrected chi connectivity index (χ1v) is 4.99. The van der Waals surface area contributed by atoms with Crippen LogP contribution in [0.15, 0.2) is 5.10 Å². The molecule has 1 aliphatic rings. The highest BCUT2D eigenvalue weighted by Gasteiger charge is 2.34. The summed E-state index contributed by atoms with van der Waals surface area (Å²) in [7, 11) is 0. The summed E-state index contributed by atoms with van der Waals surface area (Å²) in [4.78, 5) is 1.99. The fourth-order valence-corrected chi connectivity index (χ4v) is 1.47. The molecule has 0 aliphatic carbocycles. The molecule has 14 heavy (non-hydrogen) atoms. The highest BCUT2D eigenvalue weighted by atomic mass is 15.6. The maximum Gasteiger partial charge on any atom is 0.208 e. The minimum Gasteiger partial charge on any atom is -0.323 e.